The van der Waals surface area contributed by atoms with E-state index in [4.69, 9.17) is 22.4 Å². The monoisotopic (exact) mass is 227 g/mol. The summed E-state index contributed by atoms with van der Waals surface area (Å²) in [6.45, 7) is 2.80. The fourth-order valence-electron chi connectivity index (χ4n) is 1.91. The number of nitrogens with two attached hydrogens (primary N) is 1. The van der Waals surface area contributed by atoms with Crippen molar-refractivity contribution in [2.45, 2.75) is 25.2 Å². The predicted molar refractivity (Wildman–Crippen MR) is 64.2 cm³/mol. The molecule has 0 spiro atoms. The lowest BCUT2D eigenvalue weighted by Gasteiger charge is -2.31. The van der Waals surface area contributed by atoms with Gasteiger partial charge in [0.15, 0.2) is 0 Å². The highest BCUT2D eigenvalue weighted by molar-refractivity contribution is 6.30. The summed E-state index contributed by atoms with van der Waals surface area (Å²) in [5, 5.41) is 9.83. The van der Waals surface area contributed by atoms with Gasteiger partial charge in [-0.15, -0.1) is 0 Å². The third-order valence-electron chi connectivity index (χ3n) is 3.11. The minimum atomic E-state index is -0.112. The van der Waals surface area contributed by atoms with Crippen molar-refractivity contribution >= 4 is 11.6 Å². The Balaban J connectivity index is 3.02. The average Bonchev–Trinajstić information content (AvgIpc) is 2.27. The Kier molecular flexibility index (Phi) is 4.58. The number of rotatable bonds is 5. The summed E-state index contributed by atoms with van der Waals surface area (Å²) in [7, 11) is 0. The molecule has 0 aliphatic heterocycles. The number of aliphatic hydroxyl groups is 1. The Morgan fingerprint density at radius 3 is 2.33 bits per heavy atom. The van der Waals surface area contributed by atoms with Gasteiger partial charge in [0, 0.05) is 23.6 Å². The summed E-state index contributed by atoms with van der Waals surface area (Å²) >= 11 is 5.84. The number of hydrogen-bond acceptors (Lipinski definition) is 2. The van der Waals surface area contributed by atoms with Crippen molar-refractivity contribution in [1.82, 2.24) is 0 Å². The Hall–Kier alpha value is -0.570. The lowest BCUT2D eigenvalue weighted by atomic mass is 9.76. The molecule has 0 bridgehead atoms. The molecule has 0 amide bonds. The maximum atomic E-state index is 9.10. The molecular weight excluding hydrogens is 210 g/mol. The van der Waals surface area contributed by atoms with E-state index >= 15 is 0 Å². The minimum absolute atomic E-state index is 0.112. The van der Waals surface area contributed by atoms with Gasteiger partial charge in [-0.2, -0.15) is 0 Å². The van der Waals surface area contributed by atoms with Crippen molar-refractivity contribution in [3.63, 3.8) is 0 Å². The summed E-state index contributed by atoms with van der Waals surface area (Å²) in [6, 6.07) is 7.73. The molecule has 0 aromatic heterocycles. The Morgan fingerprint density at radius 1 is 1.33 bits per heavy atom. The molecule has 0 saturated carbocycles. The van der Waals surface area contributed by atoms with Crippen LogP contribution in [0.2, 0.25) is 5.02 Å². The summed E-state index contributed by atoms with van der Waals surface area (Å²) in [5.74, 6) is 0. The third kappa shape index (κ3) is 2.71. The predicted octanol–water partition coefficient (Wildman–Crippen LogP) is 2.33. The van der Waals surface area contributed by atoms with E-state index in [0.29, 0.717) is 13.0 Å². The van der Waals surface area contributed by atoms with Gasteiger partial charge in [-0.05, 0) is 30.5 Å². The van der Waals surface area contributed by atoms with Gasteiger partial charge < -0.3 is 10.8 Å². The van der Waals surface area contributed by atoms with Crippen LogP contribution in [0.5, 0.6) is 0 Å². The molecule has 2 nitrogen and oxygen atoms in total. The molecule has 1 aromatic rings. The van der Waals surface area contributed by atoms with Crippen molar-refractivity contribution in [2.75, 3.05) is 13.2 Å². The standard InChI is InChI=1S/C12H18ClNO/c1-2-12(9-14,7-8-15)10-3-5-11(13)6-4-10/h3-6,15H,2,7-9,14H2,1H3. The van der Waals surface area contributed by atoms with Crippen LogP contribution in [0.15, 0.2) is 24.3 Å². The molecule has 0 heterocycles. The van der Waals surface area contributed by atoms with Gasteiger partial charge in [-0.3, -0.25) is 0 Å². The van der Waals surface area contributed by atoms with Crippen LogP contribution in [0.3, 0.4) is 0 Å². The molecule has 0 aliphatic carbocycles. The van der Waals surface area contributed by atoms with E-state index in [2.05, 4.69) is 6.92 Å². The second kappa shape index (κ2) is 5.50. The first-order chi connectivity index (χ1) is 7.18. The van der Waals surface area contributed by atoms with Crippen LogP contribution < -0.4 is 5.73 Å². The summed E-state index contributed by atoms with van der Waals surface area (Å²) < 4.78 is 0. The molecule has 1 unspecified atom stereocenters. The molecule has 1 aromatic carbocycles. The highest BCUT2D eigenvalue weighted by atomic mass is 35.5. The fourth-order valence-corrected chi connectivity index (χ4v) is 2.03. The van der Waals surface area contributed by atoms with Crippen LogP contribution in [0, 0.1) is 0 Å². The van der Waals surface area contributed by atoms with Crippen LogP contribution in [-0.2, 0) is 5.41 Å². The molecule has 1 atom stereocenters. The Bertz CT molecular complexity index is 293. The summed E-state index contributed by atoms with van der Waals surface area (Å²) in [6.07, 6.45) is 1.62. The molecule has 84 valence electrons. The topological polar surface area (TPSA) is 46.2 Å². The van der Waals surface area contributed by atoms with Crippen molar-refractivity contribution in [3.8, 4) is 0 Å². The molecule has 3 heteroatoms. The van der Waals surface area contributed by atoms with E-state index in [1.54, 1.807) is 0 Å². The second-order valence-electron chi connectivity index (χ2n) is 3.82. The molecule has 1 rings (SSSR count). The van der Waals surface area contributed by atoms with Crippen LogP contribution in [0.1, 0.15) is 25.3 Å². The molecule has 0 aliphatic rings. The maximum absolute atomic E-state index is 9.10. The quantitative estimate of drug-likeness (QED) is 0.811. The molecule has 0 radical (unpaired) electrons. The first-order valence-electron chi connectivity index (χ1n) is 5.25. The van der Waals surface area contributed by atoms with Gasteiger partial charge in [-0.25, -0.2) is 0 Å². The lowest BCUT2D eigenvalue weighted by Crippen LogP contribution is -2.35. The zero-order valence-electron chi connectivity index (χ0n) is 9.04. The zero-order valence-corrected chi connectivity index (χ0v) is 9.80. The van der Waals surface area contributed by atoms with Gasteiger partial charge in [0.25, 0.3) is 0 Å². The van der Waals surface area contributed by atoms with E-state index in [1.807, 2.05) is 24.3 Å². The average molecular weight is 228 g/mol. The Labute approximate surface area is 96.1 Å². The van der Waals surface area contributed by atoms with Gasteiger partial charge in [0.05, 0.1) is 0 Å². The van der Waals surface area contributed by atoms with Crippen molar-refractivity contribution < 1.29 is 5.11 Å². The first-order valence-corrected chi connectivity index (χ1v) is 5.63. The SMILES string of the molecule is CCC(CN)(CCO)c1ccc(Cl)cc1. The molecule has 0 saturated heterocycles. The lowest BCUT2D eigenvalue weighted by molar-refractivity contribution is 0.234. The molecule has 15 heavy (non-hydrogen) atoms. The second-order valence-corrected chi connectivity index (χ2v) is 4.25. The van der Waals surface area contributed by atoms with Gasteiger partial charge >= 0.3 is 0 Å². The van der Waals surface area contributed by atoms with Crippen molar-refractivity contribution in [3.05, 3.63) is 34.9 Å². The highest BCUT2D eigenvalue weighted by Crippen LogP contribution is 2.31. The van der Waals surface area contributed by atoms with Crippen molar-refractivity contribution in [1.29, 1.82) is 0 Å². The van der Waals surface area contributed by atoms with Crippen LogP contribution in [0.25, 0.3) is 0 Å². The summed E-state index contributed by atoms with van der Waals surface area (Å²) in [4.78, 5) is 0. The molecule has 0 fully saturated rings. The van der Waals surface area contributed by atoms with E-state index in [1.165, 1.54) is 0 Å². The number of hydrogen-bond donors (Lipinski definition) is 2. The largest absolute Gasteiger partial charge is 0.396 e. The van der Waals surface area contributed by atoms with Crippen molar-refractivity contribution in [2.24, 2.45) is 5.73 Å². The Morgan fingerprint density at radius 2 is 1.93 bits per heavy atom. The van der Waals surface area contributed by atoms with E-state index < -0.39 is 0 Å². The van der Waals surface area contributed by atoms with Gasteiger partial charge in [0.2, 0.25) is 0 Å². The molecule has 3 N–H and O–H groups in total. The van der Waals surface area contributed by atoms with E-state index in [9.17, 15) is 0 Å². The van der Waals surface area contributed by atoms with Crippen LogP contribution >= 0.6 is 11.6 Å². The molecular formula is C12H18ClNO. The van der Waals surface area contributed by atoms with Crippen LogP contribution in [0.4, 0.5) is 0 Å². The number of benzene rings is 1. The van der Waals surface area contributed by atoms with Gasteiger partial charge in [-0.1, -0.05) is 30.7 Å². The number of aliphatic hydroxyl groups excluding tert-OH is 1. The highest BCUT2D eigenvalue weighted by Gasteiger charge is 2.27. The van der Waals surface area contributed by atoms with E-state index in [-0.39, 0.29) is 12.0 Å². The van der Waals surface area contributed by atoms with Crippen LogP contribution in [-0.4, -0.2) is 18.3 Å². The summed E-state index contributed by atoms with van der Waals surface area (Å²) in [5.41, 5.74) is 6.88. The fraction of sp³-hybridized carbons (Fsp3) is 0.500. The number of halogens is 1. The normalized spacial score (nSPS) is 14.9. The zero-order chi connectivity index (χ0) is 11.3. The smallest absolute Gasteiger partial charge is 0.0440 e. The van der Waals surface area contributed by atoms with E-state index in [0.717, 1.165) is 17.0 Å². The maximum Gasteiger partial charge on any atom is 0.0440 e. The first kappa shape index (κ1) is 12.5. The van der Waals surface area contributed by atoms with Gasteiger partial charge in [0.1, 0.15) is 0 Å². The third-order valence-corrected chi connectivity index (χ3v) is 3.37. The minimum Gasteiger partial charge on any atom is -0.396 e.